The molecule has 0 bridgehead atoms. The van der Waals surface area contributed by atoms with E-state index < -0.39 is 30.2 Å². The zero-order valence-corrected chi connectivity index (χ0v) is 16.0. The number of nitriles is 1. The number of hydrogen-bond acceptors (Lipinski definition) is 4. The fraction of sp³-hybridized carbons (Fsp3) is 0.250. The van der Waals surface area contributed by atoms with Gasteiger partial charge >= 0.3 is 12.1 Å². The SMILES string of the molecule is Cc1cc(N(CCC#N)C(=O)COC(=O)c2cccc(C(F)(F)F)c2)ccc1Cl. The molecule has 1 amide bonds. The minimum Gasteiger partial charge on any atom is -0.452 e. The minimum absolute atomic E-state index is 0.0367. The van der Waals surface area contributed by atoms with Gasteiger partial charge in [0.15, 0.2) is 6.61 Å². The molecular formula is C20H16ClF3N2O3. The number of benzene rings is 2. The first-order valence-corrected chi connectivity index (χ1v) is 8.79. The predicted molar refractivity (Wildman–Crippen MR) is 100 cm³/mol. The molecule has 0 atom stereocenters. The van der Waals surface area contributed by atoms with Crippen LogP contribution in [0.15, 0.2) is 42.5 Å². The summed E-state index contributed by atoms with van der Waals surface area (Å²) in [5.41, 5.74) is -0.147. The molecular weight excluding hydrogens is 409 g/mol. The van der Waals surface area contributed by atoms with Crippen LogP contribution in [0.1, 0.15) is 27.9 Å². The number of nitrogens with zero attached hydrogens (tertiary/aromatic N) is 2. The monoisotopic (exact) mass is 424 g/mol. The highest BCUT2D eigenvalue weighted by atomic mass is 35.5. The fourth-order valence-corrected chi connectivity index (χ4v) is 2.58. The van der Waals surface area contributed by atoms with Gasteiger partial charge in [0.05, 0.1) is 23.6 Å². The summed E-state index contributed by atoms with van der Waals surface area (Å²) in [6.07, 6.45) is -4.57. The van der Waals surface area contributed by atoms with E-state index in [0.717, 1.165) is 18.2 Å². The summed E-state index contributed by atoms with van der Waals surface area (Å²) in [5.74, 6) is -1.68. The second-order valence-corrected chi connectivity index (χ2v) is 6.45. The first-order valence-electron chi connectivity index (χ1n) is 8.41. The lowest BCUT2D eigenvalue weighted by Gasteiger charge is -2.22. The van der Waals surface area contributed by atoms with Crippen molar-refractivity contribution >= 4 is 29.2 Å². The van der Waals surface area contributed by atoms with Crippen LogP contribution in [0.3, 0.4) is 0 Å². The van der Waals surface area contributed by atoms with Crippen molar-refractivity contribution in [3.8, 4) is 6.07 Å². The third-order valence-electron chi connectivity index (χ3n) is 3.95. The Balaban J connectivity index is 2.12. The van der Waals surface area contributed by atoms with Crippen LogP contribution in [-0.2, 0) is 15.7 Å². The van der Waals surface area contributed by atoms with Crippen LogP contribution in [0.4, 0.5) is 18.9 Å². The molecule has 0 aromatic heterocycles. The van der Waals surface area contributed by atoms with Crippen LogP contribution < -0.4 is 4.90 Å². The lowest BCUT2D eigenvalue weighted by molar-refractivity contribution is -0.137. The van der Waals surface area contributed by atoms with Crippen molar-refractivity contribution in [3.05, 3.63) is 64.2 Å². The highest BCUT2D eigenvalue weighted by molar-refractivity contribution is 6.31. The van der Waals surface area contributed by atoms with E-state index in [2.05, 4.69) is 0 Å². The summed E-state index contributed by atoms with van der Waals surface area (Å²) < 4.78 is 43.2. The first-order chi connectivity index (χ1) is 13.6. The standard InChI is InChI=1S/C20H16ClF3N2O3/c1-13-10-16(6-7-17(13)21)26(9-3-8-25)18(27)12-29-19(28)14-4-2-5-15(11-14)20(22,23)24/h2,4-7,10-11H,3,9,12H2,1H3. The molecule has 9 heteroatoms. The average Bonchev–Trinajstić information content (AvgIpc) is 2.68. The Bertz CT molecular complexity index is 955. The molecule has 0 spiro atoms. The van der Waals surface area contributed by atoms with Gasteiger partial charge in [0.2, 0.25) is 0 Å². The molecule has 2 rings (SSSR count). The number of halogens is 4. The maximum Gasteiger partial charge on any atom is 0.416 e. The number of esters is 1. The van der Waals surface area contributed by atoms with E-state index in [1.807, 2.05) is 6.07 Å². The van der Waals surface area contributed by atoms with E-state index in [-0.39, 0.29) is 18.5 Å². The van der Waals surface area contributed by atoms with E-state index in [0.29, 0.717) is 22.3 Å². The molecule has 0 aliphatic rings. The molecule has 0 unspecified atom stereocenters. The highest BCUT2D eigenvalue weighted by Gasteiger charge is 2.31. The molecule has 29 heavy (non-hydrogen) atoms. The van der Waals surface area contributed by atoms with Crippen molar-refractivity contribution < 1.29 is 27.5 Å². The predicted octanol–water partition coefficient (Wildman–Crippen LogP) is 4.77. The van der Waals surface area contributed by atoms with Crippen molar-refractivity contribution in [2.24, 2.45) is 0 Å². The van der Waals surface area contributed by atoms with Crippen molar-refractivity contribution in [1.82, 2.24) is 0 Å². The van der Waals surface area contributed by atoms with Gasteiger partial charge in [0.25, 0.3) is 5.91 Å². The Morgan fingerprint density at radius 3 is 2.55 bits per heavy atom. The molecule has 0 fully saturated rings. The molecule has 0 aliphatic carbocycles. The number of rotatable bonds is 6. The van der Waals surface area contributed by atoms with Gasteiger partial charge in [-0.2, -0.15) is 18.4 Å². The van der Waals surface area contributed by atoms with Crippen molar-refractivity contribution in [1.29, 1.82) is 5.26 Å². The Hall–Kier alpha value is -3.05. The second kappa shape index (κ2) is 9.43. The number of hydrogen-bond donors (Lipinski definition) is 0. The number of aryl methyl sites for hydroxylation is 1. The topological polar surface area (TPSA) is 70.4 Å². The van der Waals surface area contributed by atoms with Crippen molar-refractivity contribution in [2.75, 3.05) is 18.1 Å². The number of carbonyl (C=O) groups is 2. The third-order valence-corrected chi connectivity index (χ3v) is 4.38. The van der Waals surface area contributed by atoms with Crippen LogP contribution in [-0.4, -0.2) is 25.0 Å². The van der Waals surface area contributed by atoms with Crippen molar-refractivity contribution in [2.45, 2.75) is 19.5 Å². The molecule has 0 heterocycles. The van der Waals surface area contributed by atoms with Crippen LogP contribution in [0.2, 0.25) is 5.02 Å². The Kier molecular flexibility index (Phi) is 7.23. The zero-order valence-electron chi connectivity index (χ0n) is 15.3. The van der Waals surface area contributed by atoms with Gasteiger partial charge in [-0.05, 0) is 48.9 Å². The van der Waals surface area contributed by atoms with Crippen molar-refractivity contribution in [3.63, 3.8) is 0 Å². The molecule has 0 saturated heterocycles. The lowest BCUT2D eigenvalue weighted by Crippen LogP contribution is -2.35. The molecule has 152 valence electrons. The normalized spacial score (nSPS) is 10.9. The Morgan fingerprint density at radius 1 is 1.21 bits per heavy atom. The van der Waals surface area contributed by atoms with E-state index in [1.165, 1.54) is 4.90 Å². The summed E-state index contributed by atoms with van der Waals surface area (Å²) in [7, 11) is 0. The maximum absolute atomic E-state index is 12.8. The van der Waals surface area contributed by atoms with E-state index in [4.69, 9.17) is 21.6 Å². The minimum atomic E-state index is -4.60. The molecule has 0 radical (unpaired) electrons. The summed E-state index contributed by atoms with van der Waals surface area (Å²) in [6, 6.07) is 10.5. The van der Waals surface area contributed by atoms with Gasteiger partial charge in [0.1, 0.15) is 0 Å². The molecule has 5 nitrogen and oxygen atoms in total. The lowest BCUT2D eigenvalue weighted by atomic mass is 10.1. The highest BCUT2D eigenvalue weighted by Crippen LogP contribution is 2.29. The molecule has 2 aromatic rings. The zero-order chi connectivity index (χ0) is 21.6. The molecule has 0 aliphatic heterocycles. The van der Waals surface area contributed by atoms with Crippen LogP contribution in [0, 0.1) is 18.3 Å². The number of alkyl halides is 3. The number of amides is 1. The van der Waals surface area contributed by atoms with Crippen LogP contribution >= 0.6 is 11.6 Å². The Labute approximate surface area is 170 Å². The summed E-state index contributed by atoms with van der Waals surface area (Å²) >= 11 is 5.98. The molecule has 0 saturated carbocycles. The van der Waals surface area contributed by atoms with Gasteiger partial charge in [-0.25, -0.2) is 4.79 Å². The van der Waals surface area contributed by atoms with Gasteiger partial charge in [-0.1, -0.05) is 17.7 Å². The summed E-state index contributed by atoms with van der Waals surface area (Å²) in [6.45, 7) is 1.10. The first kappa shape index (κ1) is 22.2. The van der Waals surface area contributed by atoms with Gasteiger partial charge in [0, 0.05) is 17.3 Å². The second-order valence-electron chi connectivity index (χ2n) is 6.04. The van der Waals surface area contributed by atoms with E-state index in [9.17, 15) is 22.8 Å². The number of ether oxygens (including phenoxy) is 1. The summed E-state index contributed by atoms with van der Waals surface area (Å²) in [5, 5.41) is 9.31. The van der Waals surface area contributed by atoms with Crippen LogP contribution in [0.5, 0.6) is 0 Å². The maximum atomic E-state index is 12.8. The van der Waals surface area contributed by atoms with E-state index in [1.54, 1.807) is 25.1 Å². The quantitative estimate of drug-likeness (QED) is 0.626. The van der Waals surface area contributed by atoms with Gasteiger partial charge in [-0.3, -0.25) is 4.79 Å². The number of carbonyl (C=O) groups excluding carboxylic acids is 2. The smallest absolute Gasteiger partial charge is 0.416 e. The average molecular weight is 425 g/mol. The Morgan fingerprint density at radius 2 is 1.93 bits per heavy atom. The van der Waals surface area contributed by atoms with E-state index >= 15 is 0 Å². The van der Waals surface area contributed by atoms with Gasteiger partial charge in [-0.15, -0.1) is 0 Å². The number of anilines is 1. The van der Waals surface area contributed by atoms with Gasteiger partial charge < -0.3 is 9.64 Å². The summed E-state index contributed by atoms with van der Waals surface area (Å²) in [4.78, 5) is 25.9. The largest absolute Gasteiger partial charge is 0.452 e. The molecule has 0 N–H and O–H groups in total. The fourth-order valence-electron chi connectivity index (χ4n) is 2.47. The van der Waals surface area contributed by atoms with Crippen LogP contribution in [0.25, 0.3) is 0 Å². The third kappa shape index (κ3) is 5.96. The molecule has 2 aromatic carbocycles.